The maximum absolute atomic E-state index is 11.4. The molecule has 0 fully saturated rings. The molecule has 0 aliphatic rings. The van der Waals surface area contributed by atoms with E-state index in [0.29, 0.717) is 10.9 Å². The zero-order valence-electron chi connectivity index (χ0n) is 8.61. The van der Waals surface area contributed by atoms with Crippen LogP contribution in [0.5, 0.6) is 0 Å². The molecule has 0 unspecified atom stereocenters. The van der Waals surface area contributed by atoms with E-state index in [-0.39, 0.29) is 11.3 Å². The summed E-state index contributed by atoms with van der Waals surface area (Å²) in [5.41, 5.74) is 6.19. The number of primary amides is 1. The second-order valence-corrected chi connectivity index (χ2v) is 3.28. The number of methoxy groups -OCH3 is 1. The summed E-state index contributed by atoms with van der Waals surface area (Å²) >= 11 is 0. The van der Waals surface area contributed by atoms with Crippen molar-refractivity contribution in [3.8, 4) is 0 Å². The molecule has 16 heavy (non-hydrogen) atoms. The molecule has 5 nitrogen and oxygen atoms in total. The average Bonchev–Trinajstić information content (AvgIpc) is 2.67. The van der Waals surface area contributed by atoms with E-state index in [1.54, 1.807) is 24.3 Å². The second-order valence-electron chi connectivity index (χ2n) is 3.28. The molecule has 0 spiro atoms. The van der Waals surface area contributed by atoms with Crippen molar-refractivity contribution in [2.45, 2.75) is 0 Å². The van der Waals surface area contributed by atoms with Gasteiger partial charge in [-0.2, -0.15) is 0 Å². The number of amides is 1. The van der Waals surface area contributed by atoms with E-state index in [0.717, 1.165) is 0 Å². The highest BCUT2D eigenvalue weighted by Gasteiger charge is 2.21. The van der Waals surface area contributed by atoms with Crippen LogP contribution in [0, 0.1) is 0 Å². The van der Waals surface area contributed by atoms with E-state index in [1.165, 1.54) is 7.11 Å². The smallest absolute Gasteiger partial charge is 0.355 e. The predicted molar refractivity (Wildman–Crippen MR) is 58.2 cm³/mol. The Kier molecular flexibility index (Phi) is 2.36. The molecule has 0 radical (unpaired) electrons. The van der Waals surface area contributed by atoms with Crippen molar-refractivity contribution in [3.63, 3.8) is 0 Å². The van der Waals surface area contributed by atoms with Gasteiger partial charge in [-0.15, -0.1) is 0 Å². The molecule has 1 amide bonds. The van der Waals surface area contributed by atoms with Gasteiger partial charge >= 0.3 is 5.97 Å². The number of carbonyl (C=O) groups is 2. The molecule has 0 saturated heterocycles. The van der Waals surface area contributed by atoms with Gasteiger partial charge in [0, 0.05) is 10.9 Å². The number of benzene rings is 1. The van der Waals surface area contributed by atoms with Gasteiger partial charge in [0.2, 0.25) is 0 Å². The molecule has 2 aromatic rings. The Hall–Kier alpha value is -2.30. The van der Waals surface area contributed by atoms with Crippen molar-refractivity contribution in [1.82, 2.24) is 4.98 Å². The SMILES string of the molecule is COC(=O)c1[nH]c2ccccc2c1C(N)=O. The minimum Gasteiger partial charge on any atom is -0.464 e. The first-order valence-electron chi connectivity index (χ1n) is 4.64. The standard InChI is InChI=1S/C11H10N2O3/c1-16-11(15)9-8(10(12)14)6-4-2-3-5-7(6)13-9/h2-5,13H,1H3,(H2,12,14). The third-order valence-electron chi connectivity index (χ3n) is 2.34. The molecule has 0 aliphatic carbocycles. The van der Waals surface area contributed by atoms with Crippen molar-refractivity contribution >= 4 is 22.8 Å². The highest BCUT2D eigenvalue weighted by atomic mass is 16.5. The number of carbonyl (C=O) groups excluding carboxylic acids is 2. The van der Waals surface area contributed by atoms with Crippen molar-refractivity contribution in [2.24, 2.45) is 5.73 Å². The van der Waals surface area contributed by atoms with E-state index in [2.05, 4.69) is 9.72 Å². The quantitative estimate of drug-likeness (QED) is 0.739. The Labute approximate surface area is 91.2 Å². The van der Waals surface area contributed by atoms with Crippen LogP contribution in [0.3, 0.4) is 0 Å². The van der Waals surface area contributed by atoms with Crippen LogP contribution in [0.2, 0.25) is 0 Å². The Bertz CT molecular complexity index is 572. The van der Waals surface area contributed by atoms with E-state index < -0.39 is 11.9 Å². The lowest BCUT2D eigenvalue weighted by Crippen LogP contribution is -2.16. The summed E-state index contributed by atoms with van der Waals surface area (Å²) in [5.74, 6) is -1.26. The summed E-state index contributed by atoms with van der Waals surface area (Å²) in [6.45, 7) is 0. The summed E-state index contributed by atoms with van der Waals surface area (Å²) in [5, 5.41) is 0.621. The van der Waals surface area contributed by atoms with Crippen molar-refractivity contribution in [3.05, 3.63) is 35.5 Å². The van der Waals surface area contributed by atoms with Crippen LogP contribution in [0.1, 0.15) is 20.8 Å². The number of ether oxygens (including phenoxy) is 1. The van der Waals surface area contributed by atoms with E-state index in [1.807, 2.05) is 0 Å². The van der Waals surface area contributed by atoms with Gasteiger partial charge in [-0.3, -0.25) is 4.79 Å². The zero-order valence-corrected chi connectivity index (χ0v) is 8.61. The van der Waals surface area contributed by atoms with Crippen LogP contribution < -0.4 is 5.73 Å². The predicted octanol–water partition coefficient (Wildman–Crippen LogP) is 1.05. The number of nitrogens with two attached hydrogens (primary N) is 1. The number of fused-ring (bicyclic) bond motifs is 1. The van der Waals surface area contributed by atoms with Crippen LogP contribution in [0.4, 0.5) is 0 Å². The first-order chi connectivity index (χ1) is 7.65. The number of esters is 1. The Morgan fingerprint density at radius 3 is 2.62 bits per heavy atom. The van der Waals surface area contributed by atoms with Crippen LogP contribution in [0.15, 0.2) is 24.3 Å². The fourth-order valence-electron chi connectivity index (χ4n) is 1.65. The fourth-order valence-corrected chi connectivity index (χ4v) is 1.65. The summed E-state index contributed by atoms with van der Waals surface area (Å²) in [7, 11) is 1.25. The van der Waals surface area contributed by atoms with E-state index >= 15 is 0 Å². The van der Waals surface area contributed by atoms with E-state index in [9.17, 15) is 9.59 Å². The molecule has 1 aromatic carbocycles. The minimum absolute atomic E-state index is 0.0937. The average molecular weight is 218 g/mol. The van der Waals surface area contributed by atoms with Crippen molar-refractivity contribution in [2.75, 3.05) is 7.11 Å². The number of rotatable bonds is 2. The summed E-state index contributed by atoms with van der Waals surface area (Å²) < 4.78 is 4.58. The molecule has 0 atom stereocenters. The summed E-state index contributed by atoms with van der Waals surface area (Å²) in [6, 6.07) is 7.04. The maximum Gasteiger partial charge on any atom is 0.355 e. The van der Waals surface area contributed by atoms with Crippen molar-refractivity contribution in [1.29, 1.82) is 0 Å². The number of para-hydroxylation sites is 1. The fraction of sp³-hybridized carbons (Fsp3) is 0.0909. The molecule has 5 heteroatoms. The number of hydrogen-bond donors (Lipinski definition) is 2. The first kappa shape index (κ1) is 10.2. The first-order valence-corrected chi connectivity index (χ1v) is 4.64. The summed E-state index contributed by atoms with van der Waals surface area (Å²) in [4.78, 5) is 25.6. The summed E-state index contributed by atoms with van der Waals surface area (Å²) in [6.07, 6.45) is 0. The van der Waals surface area contributed by atoms with Gasteiger partial charge in [0.25, 0.3) is 5.91 Å². The number of nitrogens with one attached hydrogen (secondary N) is 1. The molecule has 2 rings (SSSR count). The molecule has 0 aliphatic heterocycles. The molecule has 1 heterocycles. The normalized spacial score (nSPS) is 10.3. The van der Waals surface area contributed by atoms with Gasteiger partial charge in [0.1, 0.15) is 5.69 Å². The number of H-pyrrole nitrogens is 1. The van der Waals surface area contributed by atoms with Crippen molar-refractivity contribution < 1.29 is 14.3 Å². The van der Waals surface area contributed by atoms with E-state index in [4.69, 9.17) is 5.73 Å². The Balaban J connectivity index is 2.78. The Morgan fingerprint density at radius 2 is 2.00 bits per heavy atom. The van der Waals surface area contributed by atoms with Gasteiger partial charge in [-0.25, -0.2) is 4.79 Å². The third kappa shape index (κ3) is 1.42. The second kappa shape index (κ2) is 3.69. The third-order valence-corrected chi connectivity index (χ3v) is 2.34. The molecule has 3 N–H and O–H groups in total. The zero-order chi connectivity index (χ0) is 11.7. The van der Waals surface area contributed by atoms with Gasteiger partial charge in [-0.1, -0.05) is 18.2 Å². The van der Waals surface area contributed by atoms with Crippen LogP contribution in [-0.2, 0) is 4.74 Å². The largest absolute Gasteiger partial charge is 0.464 e. The molecular weight excluding hydrogens is 208 g/mol. The molecular formula is C11H10N2O3. The number of hydrogen-bond acceptors (Lipinski definition) is 3. The molecule has 0 bridgehead atoms. The maximum atomic E-state index is 11.4. The highest BCUT2D eigenvalue weighted by Crippen LogP contribution is 2.22. The van der Waals surface area contributed by atoms with Gasteiger partial charge in [-0.05, 0) is 6.07 Å². The molecule has 1 aromatic heterocycles. The number of aromatic amines is 1. The number of aromatic nitrogens is 1. The Morgan fingerprint density at radius 1 is 1.31 bits per heavy atom. The van der Waals surface area contributed by atoms with Crippen LogP contribution in [0.25, 0.3) is 10.9 Å². The lowest BCUT2D eigenvalue weighted by Gasteiger charge is -1.98. The lowest BCUT2D eigenvalue weighted by atomic mass is 10.1. The van der Waals surface area contributed by atoms with Crippen LogP contribution in [-0.4, -0.2) is 24.0 Å². The monoisotopic (exact) mass is 218 g/mol. The highest BCUT2D eigenvalue weighted by molar-refractivity contribution is 6.13. The van der Waals surface area contributed by atoms with Gasteiger partial charge < -0.3 is 15.5 Å². The molecule has 82 valence electrons. The van der Waals surface area contributed by atoms with Gasteiger partial charge in [0.05, 0.1) is 12.7 Å². The van der Waals surface area contributed by atoms with Gasteiger partial charge in [0.15, 0.2) is 0 Å². The topological polar surface area (TPSA) is 85.2 Å². The minimum atomic E-state index is -0.655. The lowest BCUT2D eigenvalue weighted by molar-refractivity contribution is 0.0591. The van der Waals surface area contributed by atoms with Crippen LogP contribution >= 0.6 is 0 Å². The molecule has 0 saturated carbocycles.